The van der Waals surface area contributed by atoms with Crippen LogP contribution < -0.4 is 0 Å². The molecule has 1 heteroatoms. The first kappa shape index (κ1) is 16.1. The van der Waals surface area contributed by atoms with E-state index in [-0.39, 0.29) is 0 Å². The Morgan fingerprint density at radius 2 is 1.03 bits per heavy atom. The molecule has 0 aliphatic carbocycles. The molecule has 0 radical (unpaired) electrons. The van der Waals surface area contributed by atoms with Gasteiger partial charge in [0.2, 0.25) is 0 Å². The first-order valence-corrected chi connectivity index (χ1v) is 9.85. The second-order valence-electron chi connectivity index (χ2n) is 7.56. The SMILES string of the molecule is Oc1ccc2c(-c3ccccc3)cc3c(ccc4c5ccccc5ccc43)c2c1. The summed E-state index contributed by atoms with van der Waals surface area (Å²) in [6, 6.07) is 35.8. The van der Waals surface area contributed by atoms with Crippen molar-refractivity contribution < 1.29 is 5.11 Å². The van der Waals surface area contributed by atoms with Crippen LogP contribution in [0.5, 0.6) is 5.75 Å². The Balaban J connectivity index is 1.84. The van der Waals surface area contributed by atoms with Gasteiger partial charge in [-0.3, -0.25) is 0 Å². The van der Waals surface area contributed by atoms with E-state index in [1.165, 1.54) is 43.4 Å². The summed E-state index contributed by atoms with van der Waals surface area (Å²) in [6.45, 7) is 0. The Morgan fingerprint density at radius 3 is 1.90 bits per heavy atom. The first-order valence-electron chi connectivity index (χ1n) is 9.85. The molecule has 0 aromatic heterocycles. The molecule has 0 heterocycles. The Kier molecular flexibility index (Phi) is 3.39. The lowest BCUT2D eigenvalue weighted by molar-refractivity contribution is 0.476. The van der Waals surface area contributed by atoms with Gasteiger partial charge >= 0.3 is 0 Å². The van der Waals surface area contributed by atoms with Crippen molar-refractivity contribution in [3.8, 4) is 16.9 Å². The Bertz CT molecular complexity index is 1550. The van der Waals surface area contributed by atoms with Crippen LogP contribution in [0.3, 0.4) is 0 Å². The van der Waals surface area contributed by atoms with E-state index in [0.29, 0.717) is 5.75 Å². The molecule has 29 heavy (non-hydrogen) atoms. The molecule has 0 amide bonds. The molecule has 136 valence electrons. The quantitative estimate of drug-likeness (QED) is 0.294. The van der Waals surface area contributed by atoms with Crippen molar-refractivity contribution >= 4 is 43.1 Å². The van der Waals surface area contributed by atoms with Gasteiger partial charge in [-0.05, 0) is 72.4 Å². The van der Waals surface area contributed by atoms with Crippen molar-refractivity contribution in [2.75, 3.05) is 0 Å². The smallest absolute Gasteiger partial charge is 0.116 e. The van der Waals surface area contributed by atoms with Gasteiger partial charge in [-0.2, -0.15) is 0 Å². The van der Waals surface area contributed by atoms with Crippen molar-refractivity contribution in [1.82, 2.24) is 0 Å². The van der Waals surface area contributed by atoms with Crippen LogP contribution in [0.15, 0.2) is 103 Å². The van der Waals surface area contributed by atoms with Crippen LogP contribution in [0.2, 0.25) is 0 Å². The second-order valence-corrected chi connectivity index (χ2v) is 7.56. The second kappa shape index (κ2) is 6.08. The van der Waals surface area contributed by atoms with Crippen LogP contribution in [0.1, 0.15) is 0 Å². The fourth-order valence-electron chi connectivity index (χ4n) is 4.57. The zero-order valence-corrected chi connectivity index (χ0v) is 15.8. The van der Waals surface area contributed by atoms with Gasteiger partial charge < -0.3 is 5.11 Å². The van der Waals surface area contributed by atoms with Gasteiger partial charge in [-0.15, -0.1) is 0 Å². The number of phenols is 1. The third-order valence-corrected chi connectivity index (χ3v) is 5.92. The maximum Gasteiger partial charge on any atom is 0.116 e. The molecule has 1 N–H and O–H groups in total. The van der Waals surface area contributed by atoms with E-state index in [4.69, 9.17) is 0 Å². The maximum atomic E-state index is 10.2. The lowest BCUT2D eigenvalue weighted by atomic mass is 9.90. The summed E-state index contributed by atoms with van der Waals surface area (Å²) in [7, 11) is 0. The molecule has 6 rings (SSSR count). The van der Waals surface area contributed by atoms with Crippen molar-refractivity contribution in [3.05, 3.63) is 103 Å². The fourth-order valence-corrected chi connectivity index (χ4v) is 4.57. The predicted octanol–water partition coefficient (Wildman–Crippen LogP) is 7.67. The zero-order chi connectivity index (χ0) is 19.4. The topological polar surface area (TPSA) is 20.2 Å². The molecule has 6 aromatic carbocycles. The van der Waals surface area contributed by atoms with Crippen LogP contribution in [0, 0.1) is 0 Å². The highest BCUT2D eigenvalue weighted by molar-refractivity contribution is 6.24. The number of hydrogen-bond acceptors (Lipinski definition) is 1. The van der Waals surface area contributed by atoms with Gasteiger partial charge in [0.1, 0.15) is 5.75 Å². The van der Waals surface area contributed by atoms with Crippen molar-refractivity contribution in [2.45, 2.75) is 0 Å². The first-order chi connectivity index (χ1) is 14.3. The van der Waals surface area contributed by atoms with Crippen molar-refractivity contribution in [1.29, 1.82) is 0 Å². The fraction of sp³-hybridized carbons (Fsp3) is 0. The van der Waals surface area contributed by atoms with Crippen molar-refractivity contribution in [3.63, 3.8) is 0 Å². The molecule has 0 fully saturated rings. The van der Waals surface area contributed by atoms with Crippen LogP contribution in [0.4, 0.5) is 0 Å². The maximum absolute atomic E-state index is 10.2. The van der Waals surface area contributed by atoms with Gasteiger partial charge in [0.15, 0.2) is 0 Å². The highest BCUT2D eigenvalue weighted by atomic mass is 16.3. The minimum atomic E-state index is 0.294. The van der Waals surface area contributed by atoms with E-state index in [9.17, 15) is 5.11 Å². The van der Waals surface area contributed by atoms with E-state index >= 15 is 0 Å². The average molecular weight is 370 g/mol. The van der Waals surface area contributed by atoms with Gasteiger partial charge in [0.25, 0.3) is 0 Å². The van der Waals surface area contributed by atoms with E-state index in [0.717, 1.165) is 10.8 Å². The number of rotatable bonds is 1. The molecule has 6 aromatic rings. The molecular formula is C28H18O. The average Bonchev–Trinajstić information content (AvgIpc) is 2.78. The van der Waals surface area contributed by atoms with E-state index in [2.05, 4.69) is 78.9 Å². The molecule has 0 spiro atoms. The monoisotopic (exact) mass is 370 g/mol. The van der Waals surface area contributed by atoms with E-state index in [1.807, 2.05) is 18.2 Å². The summed E-state index contributed by atoms with van der Waals surface area (Å²) in [5, 5.41) is 19.8. The largest absolute Gasteiger partial charge is 0.508 e. The van der Waals surface area contributed by atoms with Gasteiger partial charge in [-0.1, -0.05) is 84.9 Å². The molecule has 0 saturated heterocycles. The van der Waals surface area contributed by atoms with Gasteiger partial charge in [0, 0.05) is 0 Å². The Labute approximate surface area is 168 Å². The third kappa shape index (κ3) is 2.41. The highest BCUT2D eigenvalue weighted by Crippen LogP contribution is 2.40. The van der Waals surface area contributed by atoms with Crippen molar-refractivity contribution in [2.24, 2.45) is 0 Å². The van der Waals surface area contributed by atoms with E-state index in [1.54, 1.807) is 6.07 Å². The van der Waals surface area contributed by atoms with Gasteiger partial charge in [0.05, 0.1) is 0 Å². The highest BCUT2D eigenvalue weighted by Gasteiger charge is 2.12. The lowest BCUT2D eigenvalue weighted by Gasteiger charge is -2.14. The third-order valence-electron chi connectivity index (χ3n) is 5.92. The Hall–Kier alpha value is -3.84. The summed E-state index contributed by atoms with van der Waals surface area (Å²) < 4.78 is 0. The molecule has 0 atom stereocenters. The summed E-state index contributed by atoms with van der Waals surface area (Å²) in [6.07, 6.45) is 0. The molecule has 0 saturated carbocycles. The summed E-state index contributed by atoms with van der Waals surface area (Å²) in [4.78, 5) is 0. The number of benzene rings is 6. The van der Waals surface area contributed by atoms with Crippen LogP contribution in [-0.2, 0) is 0 Å². The molecule has 0 aliphatic heterocycles. The van der Waals surface area contributed by atoms with Crippen LogP contribution in [0.25, 0.3) is 54.2 Å². The number of phenolic OH excluding ortho intramolecular Hbond substituents is 1. The zero-order valence-electron chi connectivity index (χ0n) is 15.8. The molecule has 0 bridgehead atoms. The normalized spacial score (nSPS) is 11.6. The minimum Gasteiger partial charge on any atom is -0.508 e. The van der Waals surface area contributed by atoms with Gasteiger partial charge in [-0.25, -0.2) is 0 Å². The van der Waals surface area contributed by atoms with E-state index < -0.39 is 0 Å². The van der Waals surface area contributed by atoms with Crippen LogP contribution >= 0.6 is 0 Å². The lowest BCUT2D eigenvalue weighted by Crippen LogP contribution is -1.87. The summed E-state index contributed by atoms with van der Waals surface area (Å²) >= 11 is 0. The number of fused-ring (bicyclic) bond motifs is 7. The predicted molar refractivity (Wildman–Crippen MR) is 124 cm³/mol. The molecule has 0 unspecified atom stereocenters. The summed E-state index contributed by atoms with van der Waals surface area (Å²) in [5.74, 6) is 0.294. The molecule has 1 nitrogen and oxygen atoms in total. The number of hydrogen-bond donors (Lipinski definition) is 1. The number of aromatic hydroxyl groups is 1. The Morgan fingerprint density at radius 1 is 0.414 bits per heavy atom. The van der Waals surface area contributed by atoms with Crippen LogP contribution in [-0.4, -0.2) is 5.11 Å². The molecular weight excluding hydrogens is 352 g/mol. The standard InChI is InChI=1S/C28H18O/c29-20-11-13-24-26(18-6-2-1-3-7-18)17-28-23-12-10-19-8-4-5-9-21(19)22(23)14-15-25(28)27(24)16-20/h1-17,29H. The summed E-state index contributed by atoms with van der Waals surface area (Å²) in [5.41, 5.74) is 2.37. The molecule has 0 aliphatic rings. The minimum absolute atomic E-state index is 0.294.